The molecule has 0 fully saturated rings. The summed E-state index contributed by atoms with van der Waals surface area (Å²) in [5.41, 5.74) is 1.17. The van der Waals surface area contributed by atoms with Crippen LogP contribution in [0.2, 0.25) is 0 Å². The van der Waals surface area contributed by atoms with Crippen LogP contribution in [0.25, 0.3) is 0 Å². The molecule has 2 rings (SSSR count). The molecule has 2 aromatic rings. The molecule has 0 radical (unpaired) electrons. The molecule has 0 aliphatic heterocycles. The van der Waals surface area contributed by atoms with Crippen LogP contribution in [0.15, 0.2) is 35.0 Å². The number of hydrogen-bond acceptors (Lipinski definition) is 5. The van der Waals surface area contributed by atoms with Crippen LogP contribution >= 0.6 is 11.3 Å². The molecular formula is C18H22N2O4S. The minimum atomic E-state index is -0.280. The van der Waals surface area contributed by atoms with Crippen LogP contribution in [0.5, 0.6) is 11.5 Å². The van der Waals surface area contributed by atoms with Gasteiger partial charge in [-0.05, 0) is 37.4 Å². The second-order valence-electron chi connectivity index (χ2n) is 5.25. The van der Waals surface area contributed by atoms with Crippen LogP contribution in [0.4, 0.5) is 5.69 Å². The quantitative estimate of drug-likeness (QED) is 0.783. The fraction of sp³-hybridized carbons (Fsp3) is 0.333. The van der Waals surface area contributed by atoms with Crippen LogP contribution in [0, 0.1) is 0 Å². The predicted octanol–water partition coefficient (Wildman–Crippen LogP) is 3.26. The first kappa shape index (κ1) is 18.8. The third-order valence-electron chi connectivity index (χ3n) is 3.32. The van der Waals surface area contributed by atoms with Gasteiger partial charge in [0.1, 0.15) is 0 Å². The molecule has 134 valence electrons. The van der Waals surface area contributed by atoms with Crippen LogP contribution in [0.3, 0.4) is 0 Å². The number of carbonyl (C=O) groups is 2. The Morgan fingerprint density at radius 1 is 1.12 bits per heavy atom. The lowest BCUT2D eigenvalue weighted by Crippen LogP contribution is -2.34. The largest absolute Gasteiger partial charge is 0.490 e. The number of hydrogen-bond donors (Lipinski definition) is 1. The van der Waals surface area contributed by atoms with E-state index in [-0.39, 0.29) is 18.4 Å². The summed E-state index contributed by atoms with van der Waals surface area (Å²) < 4.78 is 11.0. The molecule has 0 bridgehead atoms. The molecule has 0 aliphatic rings. The zero-order chi connectivity index (χ0) is 18.2. The maximum atomic E-state index is 12.2. The van der Waals surface area contributed by atoms with Crippen molar-refractivity contribution in [1.82, 2.24) is 4.90 Å². The van der Waals surface area contributed by atoms with E-state index < -0.39 is 0 Å². The highest BCUT2D eigenvalue weighted by Gasteiger charge is 2.16. The van der Waals surface area contributed by atoms with Gasteiger partial charge in [0, 0.05) is 24.2 Å². The lowest BCUT2D eigenvalue weighted by atomic mass is 10.2. The summed E-state index contributed by atoms with van der Waals surface area (Å²) >= 11 is 1.44. The monoisotopic (exact) mass is 362 g/mol. The molecule has 1 N–H and O–H groups in total. The summed E-state index contributed by atoms with van der Waals surface area (Å²) in [4.78, 5) is 25.8. The first-order valence-electron chi connectivity index (χ1n) is 8.02. The second-order valence-corrected chi connectivity index (χ2v) is 6.03. The summed E-state index contributed by atoms with van der Waals surface area (Å²) in [7, 11) is 1.60. The van der Waals surface area contributed by atoms with E-state index in [1.165, 1.54) is 16.2 Å². The number of nitrogens with one attached hydrogen (secondary N) is 1. The standard InChI is InChI=1S/C18H22N2O4S/c1-4-23-15-7-6-14(10-16(15)24-5-2)19-17(21)11-20(3)18(22)13-8-9-25-12-13/h6-10,12H,4-5,11H2,1-3H3,(H,19,21). The Morgan fingerprint density at radius 2 is 1.84 bits per heavy atom. The molecule has 0 saturated heterocycles. The molecule has 0 aliphatic carbocycles. The first-order valence-corrected chi connectivity index (χ1v) is 8.96. The number of nitrogens with zero attached hydrogens (tertiary/aromatic N) is 1. The molecular weight excluding hydrogens is 340 g/mol. The number of anilines is 1. The van der Waals surface area contributed by atoms with Crippen LogP contribution in [0.1, 0.15) is 24.2 Å². The maximum absolute atomic E-state index is 12.2. The number of likely N-dealkylation sites (N-methyl/N-ethyl adjacent to an activating group) is 1. The Bertz CT molecular complexity index is 716. The van der Waals surface area contributed by atoms with E-state index in [4.69, 9.17) is 9.47 Å². The maximum Gasteiger partial charge on any atom is 0.254 e. The van der Waals surface area contributed by atoms with Crippen LogP contribution in [-0.2, 0) is 4.79 Å². The Hall–Kier alpha value is -2.54. The summed E-state index contributed by atoms with van der Waals surface area (Å²) in [6, 6.07) is 6.95. The second kappa shape index (κ2) is 9.08. The number of carbonyl (C=O) groups excluding carboxylic acids is 2. The van der Waals surface area contributed by atoms with Gasteiger partial charge >= 0.3 is 0 Å². The van der Waals surface area contributed by atoms with E-state index in [9.17, 15) is 9.59 Å². The SMILES string of the molecule is CCOc1ccc(NC(=O)CN(C)C(=O)c2ccsc2)cc1OCC. The fourth-order valence-corrected chi connectivity index (χ4v) is 2.85. The van der Waals surface area contributed by atoms with Crippen molar-refractivity contribution in [1.29, 1.82) is 0 Å². The van der Waals surface area contributed by atoms with Crippen molar-refractivity contribution in [2.24, 2.45) is 0 Å². The number of benzene rings is 1. The Morgan fingerprint density at radius 3 is 2.48 bits per heavy atom. The Kier molecular flexibility index (Phi) is 6.82. The van der Waals surface area contributed by atoms with Crippen LogP contribution < -0.4 is 14.8 Å². The molecule has 7 heteroatoms. The van der Waals surface area contributed by atoms with Gasteiger partial charge in [0.2, 0.25) is 5.91 Å². The van der Waals surface area contributed by atoms with Crippen molar-refractivity contribution in [2.45, 2.75) is 13.8 Å². The Labute approximate surface area is 151 Å². The minimum absolute atomic E-state index is 0.0359. The number of rotatable bonds is 8. The third-order valence-corrected chi connectivity index (χ3v) is 4.01. The number of amides is 2. The summed E-state index contributed by atoms with van der Waals surface area (Å²) in [6.07, 6.45) is 0. The van der Waals surface area contributed by atoms with Gasteiger partial charge < -0.3 is 19.7 Å². The van der Waals surface area contributed by atoms with E-state index in [1.54, 1.807) is 36.7 Å². The van der Waals surface area contributed by atoms with Gasteiger partial charge in [-0.3, -0.25) is 9.59 Å². The lowest BCUT2D eigenvalue weighted by Gasteiger charge is -2.17. The van der Waals surface area contributed by atoms with Crippen LogP contribution in [-0.4, -0.2) is 43.5 Å². The van der Waals surface area contributed by atoms with Gasteiger partial charge in [-0.2, -0.15) is 11.3 Å². The molecule has 2 amide bonds. The summed E-state index contributed by atoms with van der Waals surface area (Å²) in [5, 5.41) is 6.37. The normalized spacial score (nSPS) is 10.2. The van der Waals surface area contributed by atoms with Crippen molar-refractivity contribution in [2.75, 3.05) is 32.1 Å². The molecule has 25 heavy (non-hydrogen) atoms. The highest BCUT2D eigenvalue weighted by atomic mass is 32.1. The topological polar surface area (TPSA) is 67.9 Å². The van der Waals surface area contributed by atoms with E-state index in [0.717, 1.165) is 0 Å². The van der Waals surface area contributed by atoms with Crippen molar-refractivity contribution >= 4 is 28.8 Å². The van der Waals surface area contributed by atoms with E-state index in [2.05, 4.69) is 5.32 Å². The van der Waals surface area contributed by atoms with E-state index >= 15 is 0 Å². The molecule has 0 saturated carbocycles. The zero-order valence-electron chi connectivity index (χ0n) is 14.6. The predicted molar refractivity (Wildman–Crippen MR) is 98.7 cm³/mol. The van der Waals surface area contributed by atoms with Gasteiger partial charge in [0.05, 0.1) is 25.3 Å². The number of thiophene rings is 1. The lowest BCUT2D eigenvalue weighted by molar-refractivity contribution is -0.116. The first-order chi connectivity index (χ1) is 12.0. The van der Waals surface area contributed by atoms with Crippen molar-refractivity contribution in [3.8, 4) is 11.5 Å². The average molecular weight is 362 g/mol. The van der Waals surface area contributed by atoms with Crippen molar-refractivity contribution < 1.29 is 19.1 Å². The zero-order valence-corrected chi connectivity index (χ0v) is 15.4. The molecule has 6 nitrogen and oxygen atoms in total. The van der Waals surface area contributed by atoms with Gasteiger partial charge in [0.25, 0.3) is 5.91 Å². The minimum Gasteiger partial charge on any atom is -0.490 e. The van der Waals surface area contributed by atoms with Crippen molar-refractivity contribution in [3.63, 3.8) is 0 Å². The van der Waals surface area contributed by atoms with E-state index in [1.807, 2.05) is 19.2 Å². The fourth-order valence-electron chi connectivity index (χ4n) is 2.22. The van der Waals surface area contributed by atoms with Gasteiger partial charge in [0.15, 0.2) is 11.5 Å². The van der Waals surface area contributed by atoms with Gasteiger partial charge in [-0.15, -0.1) is 0 Å². The third kappa shape index (κ3) is 5.22. The number of ether oxygens (including phenoxy) is 2. The molecule has 0 spiro atoms. The molecule has 1 aromatic heterocycles. The van der Waals surface area contributed by atoms with Crippen molar-refractivity contribution in [3.05, 3.63) is 40.6 Å². The molecule has 0 unspecified atom stereocenters. The molecule has 0 atom stereocenters. The van der Waals surface area contributed by atoms with E-state index in [0.29, 0.717) is 36.0 Å². The molecule has 1 aromatic carbocycles. The highest BCUT2D eigenvalue weighted by molar-refractivity contribution is 7.08. The summed E-state index contributed by atoms with van der Waals surface area (Å²) in [5.74, 6) is 0.743. The summed E-state index contributed by atoms with van der Waals surface area (Å²) in [6.45, 7) is 4.76. The highest BCUT2D eigenvalue weighted by Crippen LogP contribution is 2.30. The van der Waals surface area contributed by atoms with Gasteiger partial charge in [-0.25, -0.2) is 0 Å². The average Bonchev–Trinajstić information content (AvgIpc) is 3.11. The smallest absolute Gasteiger partial charge is 0.254 e. The van der Waals surface area contributed by atoms with Gasteiger partial charge in [-0.1, -0.05) is 0 Å². The Balaban J connectivity index is 1.99. The molecule has 1 heterocycles.